The number of piperazine rings is 1. The van der Waals surface area contributed by atoms with Gasteiger partial charge in [-0.05, 0) is 97.1 Å². The molecule has 0 saturated carbocycles. The zero-order chi connectivity index (χ0) is 39.6. The van der Waals surface area contributed by atoms with Crippen molar-refractivity contribution in [1.29, 1.82) is 5.26 Å². The third-order valence-electron chi connectivity index (χ3n) is 11.6. The molecule has 4 aromatic rings. The summed E-state index contributed by atoms with van der Waals surface area (Å²) in [6.07, 6.45) is 5.89. The predicted octanol–water partition coefficient (Wildman–Crippen LogP) is 6.21. The van der Waals surface area contributed by atoms with Gasteiger partial charge in [-0.15, -0.1) is 0 Å². The smallest absolute Gasteiger partial charge is 0.204 e. The van der Waals surface area contributed by atoms with Crippen molar-refractivity contribution in [1.82, 2.24) is 19.6 Å². The molecule has 0 spiro atoms. The number of rotatable bonds is 8. The molecule has 2 atom stereocenters. The highest BCUT2D eigenvalue weighted by Crippen LogP contribution is 2.52. The second kappa shape index (κ2) is 16.5. The van der Waals surface area contributed by atoms with Crippen LogP contribution in [0, 0.1) is 11.5 Å². The lowest BCUT2D eigenvalue weighted by atomic mass is 9.87. The number of likely N-dealkylation sites (N-methyl/N-ethyl adjacent to an activating group) is 2. The van der Waals surface area contributed by atoms with Gasteiger partial charge < -0.3 is 43.3 Å². The van der Waals surface area contributed by atoms with E-state index in [-0.39, 0.29) is 12.6 Å². The quantitative estimate of drug-likeness (QED) is 0.206. The number of hydrogen-bond acceptors (Lipinski definition) is 12. The van der Waals surface area contributed by atoms with Crippen molar-refractivity contribution in [2.75, 3.05) is 87.8 Å². The number of methoxy groups -OCH3 is 3. The van der Waals surface area contributed by atoms with Crippen molar-refractivity contribution in [3.63, 3.8) is 0 Å². The third kappa shape index (κ3) is 7.88. The van der Waals surface area contributed by atoms with Crippen molar-refractivity contribution in [2.24, 2.45) is 0 Å². The van der Waals surface area contributed by atoms with Gasteiger partial charge in [0.1, 0.15) is 18.5 Å². The minimum Gasteiger partial charge on any atom is -0.493 e. The number of β-amino-alcohol motifs (C(OH)–C–C–N with tert-alkyl or cyclic N) is 1. The van der Waals surface area contributed by atoms with Crippen molar-refractivity contribution >= 4 is 11.8 Å². The molecule has 0 aromatic heterocycles. The van der Waals surface area contributed by atoms with Crippen LogP contribution in [0.1, 0.15) is 39.4 Å². The highest BCUT2D eigenvalue weighted by Gasteiger charge is 2.35. The van der Waals surface area contributed by atoms with Crippen LogP contribution in [0.15, 0.2) is 60.7 Å². The van der Waals surface area contributed by atoms with Gasteiger partial charge in [-0.3, -0.25) is 9.80 Å². The van der Waals surface area contributed by atoms with Crippen LogP contribution in [0.5, 0.6) is 46.0 Å². The van der Waals surface area contributed by atoms with Crippen LogP contribution in [0.4, 0.5) is 0 Å². The van der Waals surface area contributed by atoms with Crippen molar-refractivity contribution in [3.05, 3.63) is 94.0 Å². The minimum atomic E-state index is -0.794. The monoisotopic (exact) mass is 773 g/mol. The summed E-state index contributed by atoms with van der Waals surface area (Å²) in [5, 5.41) is 20.6. The van der Waals surface area contributed by atoms with E-state index in [0.717, 1.165) is 65.2 Å². The Morgan fingerprint density at radius 3 is 2.26 bits per heavy atom. The maximum atomic E-state index is 11.3. The van der Waals surface area contributed by atoms with Gasteiger partial charge in [-0.1, -0.05) is 18.2 Å². The first kappa shape index (κ1) is 38.3. The van der Waals surface area contributed by atoms with E-state index >= 15 is 0 Å². The second-order valence-corrected chi connectivity index (χ2v) is 15.2. The standard InChI is InChI=1S/C45H51N5O7/c1-47-14-12-31-23-39(53-4)41-25-35(31)36(47)20-29-6-9-34(10-7-29)56-40-22-30(8-11-38(40)52-3)21-37-43-32(13-15-48(37)2)24-42(54-5)44(45(43)57-41)55-27-33(51)26-49-16-18-50(28-46)19-17-49/h6-11,20,22-25,33,37,51H,12-19,21,26-27H2,1-5H3/b36-20+/t33?,37-/m0/s1. The van der Waals surface area contributed by atoms with Gasteiger partial charge in [0.25, 0.3) is 0 Å². The Morgan fingerprint density at radius 2 is 1.53 bits per heavy atom. The summed E-state index contributed by atoms with van der Waals surface area (Å²) in [6, 6.07) is 20.3. The summed E-state index contributed by atoms with van der Waals surface area (Å²) >= 11 is 0. The molecular formula is C45H51N5O7. The summed E-state index contributed by atoms with van der Waals surface area (Å²) in [7, 11) is 9.21. The maximum absolute atomic E-state index is 11.3. The van der Waals surface area contributed by atoms with E-state index < -0.39 is 6.10 Å². The van der Waals surface area contributed by atoms with E-state index in [1.54, 1.807) is 26.2 Å². The molecule has 0 radical (unpaired) electrons. The van der Waals surface area contributed by atoms with Crippen LogP contribution in [0.3, 0.4) is 0 Å². The van der Waals surface area contributed by atoms with E-state index in [1.807, 2.05) is 18.2 Å². The van der Waals surface area contributed by atoms with E-state index in [4.69, 9.17) is 28.4 Å². The van der Waals surface area contributed by atoms with Gasteiger partial charge in [0, 0.05) is 75.7 Å². The number of nitriles is 1. The molecule has 298 valence electrons. The van der Waals surface area contributed by atoms with Crippen molar-refractivity contribution < 1.29 is 33.5 Å². The van der Waals surface area contributed by atoms with Gasteiger partial charge in [0.2, 0.25) is 5.75 Å². The van der Waals surface area contributed by atoms with Crippen LogP contribution in [0.25, 0.3) is 11.8 Å². The average molecular weight is 774 g/mol. The molecule has 12 nitrogen and oxygen atoms in total. The van der Waals surface area contributed by atoms with E-state index in [9.17, 15) is 10.4 Å². The zero-order valence-corrected chi connectivity index (χ0v) is 33.4. The van der Waals surface area contributed by atoms with Gasteiger partial charge in [0.05, 0.1) is 21.3 Å². The first-order valence-electron chi connectivity index (χ1n) is 19.6. The fourth-order valence-electron chi connectivity index (χ4n) is 8.40. The second-order valence-electron chi connectivity index (χ2n) is 15.2. The van der Waals surface area contributed by atoms with Crippen LogP contribution in [-0.4, -0.2) is 119 Å². The number of aliphatic hydroxyl groups is 1. The Balaban J connectivity index is 1.28. The number of hydrogen-bond donors (Lipinski definition) is 1. The highest BCUT2D eigenvalue weighted by molar-refractivity contribution is 5.84. The lowest BCUT2D eigenvalue weighted by Gasteiger charge is -2.37. The Labute approximate surface area is 334 Å². The highest BCUT2D eigenvalue weighted by atomic mass is 16.6. The SMILES string of the molecule is COc1ccc2cc1Oc1ccc(cc1)/C=C1\c3cc(c(OC)cc3CCN1C)Oc1c(OCC(O)CN3CCN(C#N)CC3)c(OC)cc3c1[C@H](C2)N(C)CC3. The van der Waals surface area contributed by atoms with Gasteiger partial charge in [-0.2, -0.15) is 5.26 Å². The Hall–Kier alpha value is -5.61. The molecule has 0 amide bonds. The average Bonchev–Trinajstić information content (AvgIpc) is 3.22. The number of ether oxygens (including phenoxy) is 6. The minimum absolute atomic E-state index is 0.0150. The molecule has 5 aliphatic heterocycles. The first-order chi connectivity index (χ1) is 27.7. The van der Waals surface area contributed by atoms with E-state index in [0.29, 0.717) is 79.4 Å². The maximum Gasteiger partial charge on any atom is 0.204 e. The summed E-state index contributed by atoms with van der Waals surface area (Å²) in [4.78, 5) is 8.52. The molecule has 0 aliphatic carbocycles. The van der Waals surface area contributed by atoms with Crippen molar-refractivity contribution in [3.8, 4) is 52.2 Å². The molecule has 6 bridgehead atoms. The molecule has 4 aromatic carbocycles. The molecule has 5 aliphatic rings. The molecule has 1 saturated heterocycles. The van der Waals surface area contributed by atoms with Gasteiger partial charge >= 0.3 is 0 Å². The fraction of sp³-hybridized carbons (Fsp3) is 0.400. The third-order valence-corrected chi connectivity index (χ3v) is 11.6. The van der Waals surface area contributed by atoms with E-state index in [2.05, 4.69) is 83.5 Å². The molecule has 5 heterocycles. The normalized spacial score (nSPS) is 19.4. The first-order valence-corrected chi connectivity index (χ1v) is 19.6. The van der Waals surface area contributed by atoms with Crippen molar-refractivity contribution in [2.45, 2.75) is 31.4 Å². The van der Waals surface area contributed by atoms with Gasteiger partial charge in [-0.25, -0.2) is 0 Å². The Morgan fingerprint density at radius 1 is 0.807 bits per heavy atom. The lowest BCUT2D eigenvalue weighted by Crippen LogP contribution is -2.47. The predicted molar refractivity (Wildman–Crippen MR) is 218 cm³/mol. The molecule has 1 unspecified atom stereocenters. The molecule has 1 N–H and O–H groups in total. The van der Waals surface area contributed by atoms with Crippen LogP contribution < -0.4 is 28.4 Å². The van der Waals surface area contributed by atoms with Crippen LogP contribution in [-0.2, 0) is 19.3 Å². The summed E-state index contributed by atoms with van der Waals surface area (Å²) in [6.45, 7) is 4.78. The molecule has 1 fully saturated rings. The molecule has 57 heavy (non-hydrogen) atoms. The Bertz CT molecular complexity index is 2180. The largest absolute Gasteiger partial charge is 0.493 e. The fourth-order valence-corrected chi connectivity index (χ4v) is 8.40. The summed E-state index contributed by atoms with van der Waals surface area (Å²) in [5.74, 6) is 4.66. The topological polar surface area (TPSA) is 112 Å². The van der Waals surface area contributed by atoms with Gasteiger partial charge in [0.15, 0.2) is 40.7 Å². The lowest BCUT2D eigenvalue weighted by molar-refractivity contribution is 0.0526. The summed E-state index contributed by atoms with van der Waals surface area (Å²) < 4.78 is 38.2. The van der Waals surface area contributed by atoms with Crippen LogP contribution in [0.2, 0.25) is 0 Å². The zero-order valence-electron chi connectivity index (χ0n) is 33.4. The molecule has 9 rings (SSSR count). The van der Waals surface area contributed by atoms with E-state index in [1.165, 1.54) is 5.56 Å². The number of fused-ring (bicyclic) bond motifs is 2. The number of aliphatic hydroxyl groups excluding tert-OH is 1. The van der Waals surface area contributed by atoms with Crippen LogP contribution >= 0.6 is 0 Å². The molecule has 12 heteroatoms. The number of benzene rings is 4. The molecular weight excluding hydrogens is 723 g/mol. The number of nitrogens with zero attached hydrogens (tertiary/aromatic N) is 5. The summed E-state index contributed by atoms with van der Waals surface area (Å²) in [5.41, 5.74) is 7.48. The Kier molecular flexibility index (Phi) is 11.1.